The van der Waals surface area contributed by atoms with Gasteiger partial charge >= 0.3 is 7.12 Å². The van der Waals surface area contributed by atoms with Gasteiger partial charge in [0.25, 0.3) is 11.8 Å². The number of fused-ring (bicyclic) bond motifs is 2. The predicted octanol–water partition coefficient (Wildman–Crippen LogP) is 11.7. The summed E-state index contributed by atoms with van der Waals surface area (Å²) >= 11 is 10.4. The average molecular weight is 1010 g/mol. The van der Waals surface area contributed by atoms with Crippen LogP contribution in [0.5, 0.6) is 0 Å². The quantitative estimate of drug-likeness (QED) is 0.161. The van der Waals surface area contributed by atoms with Crippen LogP contribution in [0.1, 0.15) is 55.8 Å². The van der Waals surface area contributed by atoms with Gasteiger partial charge in [0.15, 0.2) is 0 Å². The minimum absolute atomic E-state index is 0. The standard InChI is InChI=1S/C20H14BrN3O.C19H22BNO3.C7H4Br2N2.CH4/c21-17-12-19(24-13-22-11-10-18(17)24)14-6-8-15(9-7-14)20(25)23-16-4-2-1-3-5-16;1-18(2)19(3,4)24-20(23-18)15-12-10-14(11-13-15)17(22)21-16-8-6-5-7-9-16;8-5-3-7(9)11-4-10-2-1-6(5)11;/h1-13H,(H,23,25);5-13H,1-4H3,(H,21,22);1-4H;1H4. The maximum Gasteiger partial charge on any atom is 0.494 e. The third-order valence-corrected chi connectivity index (χ3v) is 12.1. The zero-order valence-electron chi connectivity index (χ0n) is 33.1. The highest BCUT2D eigenvalue weighted by atomic mass is 79.9. The van der Waals surface area contributed by atoms with E-state index in [1.54, 1.807) is 37.2 Å². The van der Waals surface area contributed by atoms with Crippen molar-refractivity contribution in [3.05, 3.63) is 183 Å². The van der Waals surface area contributed by atoms with Gasteiger partial charge in [0.1, 0.15) is 0 Å². The van der Waals surface area contributed by atoms with Gasteiger partial charge in [-0.2, -0.15) is 0 Å². The van der Waals surface area contributed by atoms with Crippen molar-refractivity contribution in [1.82, 2.24) is 18.8 Å². The Bertz CT molecular complexity index is 2690. The third-order valence-electron chi connectivity index (χ3n) is 10.2. The third kappa shape index (κ3) is 10.6. The average Bonchev–Trinajstić information content (AvgIpc) is 3.83. The first kappa shape index (κ1) is 45.2. The van der Waals surface area contributed by atoms with Crippen LogP contribution in [0, 0.1) is 0 Å². The van der Waals surface area contributed by atoms with E-state index < -0.39 is 7.12 Å². The molecule has 1 aliphatic heterocycles. The number of carbonyl (C=O) groups excluding carboxylic acids is 2. The van der Waals surface area contributed by atoms with Crippen LogP contribution < -0.4 is 16.1 Å². The smallest absolute Gasteiger partial charge is 0.399 e. The molecule has 9 rings (SSSR count). The molecule has 310 valence electrons. The Morgan fingerprint density at radius 3 is 1.52 bits per heavy atom. The lowest BCUT2D eigenvalue weighted by molar-refractivity contribution is 0.00578. The minimum atomic E-state index is -0.416. The van der Waals surface area contributed by atoms with Gasteiger partial charge in [-0.1, -0.05) is 68.1 Å². The summed E-state index contributed by atoms with van der Waals surface area (Å²) in [5.74, 6) is -0.262. The van der Waals surface area contributed by atoms with E-state index in [4.69, 9.17) is 9.31 Å². The van der Waals surface area contributed by atoms with Gasteiger partial charge in [-0.3, -0.25) is 18.4 Å². The number of rotatable bonds is 6. The predicted molar refractivity (Wildman–Crippen MR) is 257 cm³/mol. The molecule has 1 fully saturated rings. The van der Waals surface area contributed by atoms with Crippen molar-refractivity contribution in [2.75, 3.05) is 10.6 Å². The molecule has 4 aromatic heterocycles. The fraction of sp³-hybridized carbons (Fsp3) is 0.149. The molecule has 10 nitrogen and oxygen atoms in total. The van der Waals surface area contributed by atoms with Crippen LogP contribution >= 0.6 is 47.8 Å². The number of carbonyl (C=O) groups is 2. The van der Waals surface area contributed by atoms with E-state index in [1.165, 1.54) is 0 Å². The maximum atomic E-state index is 12.3. The molecule has 61 heavy (non-hydrogen) atoms. The van der Waals surface area contributed by atoms with Crippen molar-refractivity contribution in [2.45, 2.75) is 46.3 Å². The number of anilines is 2. The van der Waals surface area contributed by atoms with Crippen molar-refractivity contribution in [3.63, 3.8) is 0 Å². The van der Waals surface area contributed by atoms with E-state index in [-0.39, 0.29) is 30.4 Å². The van der Waals surface area contributed by atoms with E-state index in [1.807, 2.05) is 152 Å². The van der Waals surface area contributed by atoms with Gasteiger partial charge in [0.2, 0.25) is 0 Å². The molecular weight excluding hydrogens is 963 g/mol. The first-order valence-electron chi connectivity index (χ1n) is 18.9. The topological polar surface area (TPSA) is 111 Å². The molecular formula is C47H44BBr3N6O4. The van der Waals surface area contributed by atoms with Crippen molar-refractivity contribution in [2.24, 2.45) is 0 Å². The maximum absolute atomic E-state index is 12.3. The molecule has 0 bridgehead atoms. The summed E-state index contributed by atoms with van der Waals surface area (Å²) in [5, 5.41) is 5.76. The highest BCUT2D eigenvalue weighted by Gasteiger charge is 2.51. The SMILES string of the molecule is Brc1cc(Br)n2cnccc12.C.CC1(C)OB(c2ccc(C(=O)Nc3ccccc3)cc2)OC1(C)C.O=C(Nc1ccccc1)c1ccc(-c2cc(Br)c3ccncn23)cc1. The lowest BCUT2D eigenvalue weighted by atomic mass is 9.79. The fourth-order valence-corrected chi connectivity index (χ4v) is 8.12. The number of nitrogens with zero attached hydrogens (tertiary/aromatic N) is 4. The summed E-state index contributed by atoms with van der Waals surface area (Å²) < 4.78 is 19.1. The van der Waals surface area contributed by atoms with E-state index >= 15 is 0 Å². The van der Waals surface area contributed by atoms with Gasteiger partial charge in [-0.15, -0.1) is 0 Å². The number of para-hydroxylation sites is 2. The van der Waals surface area contributed by atoms with Crippen molar-refractivity contribution >= 4 is 94.6 Å². The van der Waals surface area contributed by atoms with Gasteiger partial charge in [-0.25, -0.2) is 9.97 Å². The molecule has 0 spiro atoms. The second-order valence-electron chi connectivity index (χ2n) is 14.8. The number of amides is 2. The van der Waals surface area contributed by atoms with Gasteiger partial charge in [0.05, 0.1) is 45.2 Å². The molecule has 0 unspecified atom stereocenters. The highest BCUT2D eigenvalue weighted by molar-refractivity contribution is 9.11. The summed E-state index contributed by atoms with van der Waals surface area (Å²) in [5.41, 5.74) is 7.14. The number of aromatic nitrogens is 4. The zero-order chi connectivity index (χ0) is 42.4. The van der Waals surface area contributed by atoms with E-state index in [2.05, 4.69) is 74.5 Å². The lowest BCUT2D eigenvalue weighted by Gasteiger charge is -2.32. The van der Waals surface area contributed by atoms with E-state index in [0.717, 1.165) is 52.7 Å². The molecule has 0 atom stereocenters. The van der Waals surface area contributed by atoms with Crippen LogP contribution in [0.15, 0.2) is 172 Å². The molecule has 0 aliphatic carbocycles. The first-order chi connectivity index (χ1) is 28.8. The molecule has 1 saturated heterocycles. The number of hydrogen-bond acceptors (Lipinski definition) is 6. The fourth-order valence-electron chi connectivity index (χ4n) is 6.22. The minimum Gasteiger partial charge on any atom is -0.399 e. The Hall–Kier alpha value is -5.38. The normalized spacial score (nSPS) is 13.6. The molecule has 2 N–H and O–H groups in total. The highest BCUT2D eigenvalue weighted by Crippen LogP contribution is 2.36. The Morgan fingerprint density at radius 2 is 1.03 bits per heavy atom. The van der Waals surface area contributed by atoms with Gasteiger partial charge in [0, 0.05) is 43.8 Å². The Kier molecular flexibility index (Phi) is 14.5. The summed E-state index contributed by atoms with van der Waals surface area (Å²) in [4.78, 5) is 32.8. The van der Waals surface area contributed by atoms with E-state index in [9.17, 15) is 9.59 Å². The molecule has 2 amide bonds. The number of nitrogens with one attached hydrogen (secondary N) is 2. The zero-order valence-corrected chi connectivity index (χ0v) is 37.9. The van der Waals surface area contributed by atoms with Crippen LogP contribution in [0.25, 0.3) is 22.3 Å². The molecule has 8 aromatic rings. The Labute approximate surface area is 381 Å². The van der Waals surface area contributed by atoms with Crippen LogP contribution in [-0.2, 0) is 9.31 Å². The second-order valence-corrected chi connectivity index (χ2v) is 17.3. The largest absolute Gasteiger partial charge is 0.494 e. The van der Waals surface area contributed by atoms with Crippen LogP contribution in [0.3, 0.4) is 0 Å². The van der Waals surface area contributed by atoms with Crippen molar-refractivity contribution in [3.8, 4) is 11.3 Å². The number of hydrogen-bond donors (Lipinski definition) is 2. The monoisotopic (exact) mass is 1000 g/mol. The molecule has 14 heteroatoms. The number of halogens is 3. The Morgan fingerprint density at radius 1 is 0.590 bits per heavy atom. The van der Waals surface area contributed by atoms with Gasteiger partial charge < -0.3 is 19.9 Å². The van der Waals surface area contributed by atoms with Crippen LogP contribution in [0.2, 0.25) is 0 Å². The van der Waals surface area contributed by atoms with Crippen molar-refractivity contribution in [1.29, 1.82) is 0 Å². The van der Waals surface area contributed by atoms with Gasteiger partial charge in [-0.05, 0) is 159 Å². The summed E-state index contributed by atoms with van der Waals surface area (Å²) in [6.07, 6.45) is 7.09. The summed E-state index contributed by atoms with van der Waals surface area (Å²) in [6, 6.07) is 41.7. The van der Waals surface area contributed by atoms with Crippen molar-refractivity contribution < 1.29 is 18.9 Å². The summed E-state index contributed by atoms with van der Waals surface area (Å²) in [6.45, 7) is 8.09. The van der Waals surface area contributed by atoms with E-state index in [0.29, 0.717) is 11.1 Å². The Balaban J connectivity index is 0.000000162. The van der Waals surface area contributed by atoms with Crippen LogP contribution in [0.4, 0.5) is 11.4 Å². The first-order valence-corrected chi connectivity index (χ1v) is 21.3. The second kappa shape index (κ2) is 19.6. The van der Waals surface area contributed by atoms with Crippen LogP contribution in [-0.4, -0.2) is 48.9 Å². The number of benzene rings is 4. The molecule has 0 saturated carbocycles. The molecule has 1 aliphatic rings. The molecule has 4 aromatic carbocycles. The molecule has 0 radical (unpaired) electrons. The lowest BCUT2D eigenvalue weighted by Crippen LogP contribution is -2.41. The molecule has 5 heterocycles. The summed E-state index contributed by atoms with van der Waals surface area (Å²) in [7, 11) is -0.416.